The van der Waals surface area contributed by atoms with E-state index in [0.29, 0.717) is 10.8 Å². The first-order chi connectivity index (χ1) is 9.37. The molecule has 0 saturated heterocycles. The molecule has 2 aliphatic rings. The van der Waals surface area contributed by atoms with E-state index in [0.717, 1.165) is 0 Å². The molecule has 2 aromatic carbocycles. The van der Waals surface area contributed by atoms with Crippen molar-refractivity contribution >= 4 is 0 Å². The molecule has 0 N–H and O–H groups in total. The van der Waals surface area contributed by atoms with Gasteiger partial charge in [-0.15, -0.1) is 0 Å². The van der Waals surface area contributed by atoms with Crippen LogP contribution < -0.4 is 0 Å². The Morgan fingerprint density at radius 2 is 0.947 bits per heavy atom. The zero-order chi connectivity index (χ0) is 12.8. The first kappa shape index (κ1) is 11.3. The molecule has 2 atom stereocenters. The fourth-order valence-corrected chi connectivity index (χ4v) is 4.79. The predicted molar refractivity (Wildman–Crippen MR) is 79.3 cm³/mol. The Kier molecular flexibility index (Phi) is 2.35. The summed E-state index contributed by atoms with van der Waals surface area (Å²) in [6.07, 6.45) is 6.85. The van der Waals surface area contributed by atoms with Gasteiger partial charge in [0.05, 0.1) is 0 Å². The maximum atomic E-state index is 2.35. The topological polar surface area (TPSA) is 0 Å². The molecule has 0 aliphatic heterocycles. The van der Waals surface area contributed by atoms with E-state index in [4.69, 9.17) is 0 Å². The van der Waals surface area contributed by atoms with Crippen LogP contribution in [0.1, 0.15) is 43.2 Å². The Hall–Kier alpha value is -1.56. The maximum Gasteiger partial charge on any atom is 0.00501 e. The normalized spacial score (nSPS) is 32.6. The van der Waals surface area contributed by atoms with Crippen LogP contribution in [0.15, 0.2) is 60.7 Å². The lowest BCUT2D eigenvalue weighted by Crippen LogP contribution is -2.54. The van der Waals surface area contributed by atoms with Crippen LogP contribution in [-0.4, -0.2) is 0 Å². The second kappa shape index (κ2) is 3.96. The van der Waals surface area contributed by atoms with Crippen molar-refractivity contribution in [1.29, 1.82) is 0 Å². The smallest absolute Gasteiger partial charge is 0.00501 e. The van der Waals surface area contributed by atoms with Crippen LogP contribution in [0.5, 0.6) is 0 Å². The summed E-state index contributed by atoms with van der Waals surface area (Å²) in [5, 5.41) is 0. The monoisotopic (exact) mass is 248 g/mol. The van der Waals surface area contributed by atoms with Crippen LogP contribution in [0.3, 0.4) is 0 Å². The summed E-state index contributed by atoms with van der Waals surface area (Å²) < 4.78 is 0. The van der Waals surface area contributed by atoms with Crippen LogP contribution in [0.25, 0.3) is 0 Å². The molecule has 4 rings (SSSR count). The van der Waals surface area contributed by atoms with Gasteiger partial charge in [-0.25, -0.2) is 0 Å². The number of hydrogen-bond donors (Lipinski definition) is 0. The quantitative estimate of drug-likeness (QED) is 0.713. The first-order valence-electron chi connectivity index (χ1n) is 7.49. The number of hydrogen-bond acceptors (Lipinski definition) is 0. The van der Waals surface area contributed by atoms with Crippen LogP contribution in [-0.2, 0) is 10.8 Å². The molecule has 0 amide bonds. The summed E-state index contributed by atoms with van der Waals surface area (Å²) >= 11 is 0. The van der Waals surface area contributed by atoms with E-state index in [-0.39, 0.29) is 0 Å². The van der Waals surface area contributed by atoms with Gasteiger partial charge in [0.1, 0.15) is 0 Å². The largest absolute Gasteiger partial charge is 0.0622 e. The second-order valence-electron chi connectivity index (χ2n) is 6.25. The van der Waals surface area contributed by atoms with E-state index in [1.807, 2.05) is 0 Å². The Morgan fingerprint density at radius 1 is 0.526 bits per heavy atom. The van der Waals surface area contributed by atoms with E-state index < -0.39 is 0 Å². The molecule has 0 spiro atoms. The Labute approximate surface area is 115 Å². The van der Waals surface area contributed by atoms with Crippen molar-refractivity contribution in [1.82, 2.24) is 0 Å². The lowest BCUT2D eigenvalue weighted by molar-refractivity contribution is 0.107. The predicted octanol–water partition coefficient (Wildman–Crippen LogP) is 4.84. The van der Waals surface area contributed by atoms with Gasteiger partial charge in [0.25, 0.3) is 0 Å². The van der Waals surface area contributed by atoms with Crippen molar-refractivity contribution in [2.75, 3.05) is 0 Å². The van der Waals surface area contributed by atoms with Crippen LogP contribution in [0, 0.1) is 0 Å². The average molecular weight is 248 g/mol. The molecule has 2 aromatic rings. The molecule has 2 fully saturated rings. The van der Waals surface area contributed by atoms with E-state index in [1.165, 1.54) is 32.1 Å². The van der Waals surface area contributed by atoms with Gasteiger partial charge in [-0.3, -0.25) is 0 Å². The van der Waals surface area contributed by atoms with E-state index >= 15 is 0 Å². The van der Waals surface area contributed by atoms with Crippen LogP contribution >= 0.6 is 0 Å². The molecule has 0 heteroatoms. The molecule has 0 radical (unpaired) electrons. The maximum absolute atomic E-state index is 2.35. The lowest BCUT2D eigenvalue weighted by atomic mass is 9.46. The second-order valence-corrected chi connectivity index (χ2v) is 6.25. The molecular formula is C19H20. The third-order valence-electron chi connectivity index (χ3n) is 5.75. The Bertz CT molecular complexity index is 518. The summed E-state index contributed by atoms with van der Waals surface area (Å²) in [6.45, 7) is 0. The van der Waals surface area contributed by atoms with E-state index in [2.05, 4.69) is 60.7 Å². The van der Waals surface area contributed by atoms with Gasteiger partial charge in [0.15, 0.2) is 0 Å². The number of fused-ring (bicyclic) bond motifs is 1. The highest BCUT2D eigenvalue weighted by Gasteiger charge is 2.62. The average Bonchev–Trinajstić information content (AvgIpc) is 2.74. The molecule has 19 heavy (non-hydrogen) atoms. The number of benzene rings is 2. The molecule has 96 valence electrons. The van der Waals surface area contributed by atoms with E-state index in [9.17, 15) is 0 Å². The minimum atomic E-state index is 0.426. The standard InChI is InChI=1S/C19H20/c1-3-8-16(9-4-1)18-12-7-13-19(18,15-14-18)17-10-5-2-6-11-17/h1-6,8-11H,7,12-15H2. The molecule has 2 aliphatic carbocycles. The molecule has 2 unspecified atom stereocenters. The van der Waals surface area contributed by atoms with Crippen molar-refractivity contribution in [2.24, 2.45) is 0 Å². The zero-order valence-electron chi connectivity index (χ0n) is 11.3. The summed E-state index contributed by atoms with van der Waals surface area (Å²) in [5.74, 6) is 0. The molecule has 0 aromatic heterocycles. The molecule has 0 bridgehead atoms. The zero-order valence-corrected chi connectivity index (χ0v) is 11.3. The third-order valence-corrected chi connectivity index (χ3v) is 5.75. The van der Waals surface area contributed by atoms with Gasteiger partial charge >= 0.3 is 0 Å². The Morgan fingerprint density at radius 3 is 1.32 bits per heavy atom. The van der Waals surface area contributed by atoms with Crippen molar-refractivity contribution in [3.63, 3.8) is 0 Å². The molecule has 0 nitrogen and oxygen atoms in total. The Balaban J connectivity index is 1.85. The number of rotatable bonds is 2. The molecular weight excluding hydrogens is 228 g/mol. The van der Waals surface area contributed by atoms with Gasteiger partial charge in [0.2, 0.25) is 0 Å². The van der Waals surface area contributed by atoms with Crippen LogP contribution in [0.4, 0.5) is 0 Å². The molecule has 0 heterocycles. The van der Waals surface area contributed by atoms with E-state index in [1.54, 1.807) is 11.1 Å². The molecule has 2 saturated carbocycles. The third kappa shape index (κ3) is 1.35. The fraction of sp³-hybridized carbons (Fsp3) is 0.368. The van der Waals surface area contributed by atoms with Gasteiger partial charge in [0, 0.05) is 10.8 Å². The summed E-state index contributed by atoms with van der Waals surface area (Å²) in [5.41, 5.74) is 4.00. The fourth-order valence-electron chi connectivity index (χ4n) is 4.79. The minimum Gasteiger partial charge on any atom is -0.0622 e. The highest BCUT2D eigenvalue weighted by Crippen LogP contribution is 2.67. The van der Waals surface area contributed by atoms with Crippen molar-refractivity contribution in [2.45, 2.75) is 42.9 Å². The van der Waals surface area contributed by atoms with Gasteiger partial charge < -0.3 is 0 Å². The minimum absolute atomic E-state index is 0.426. The highest BCUT2D eigenvalue weighted by molar-refractivity contribution is 5.45. The summed E-state index contributed by atoms with van der Waals surface area (Å²) in [4.78, 5) is 0. The van der Waals surface area contributed by atoms with Gasteiger partial charge in [-0.05, 0) is 36.8 Å². The van der Waals surface area contributed by atoms with Crippen molar-refractivity contribution in [3.05, 3.63) is 71.8 Å². The summed E-state index contributed by atoms with van der Waals surface area (Å²) in [6, 6.07) is 22.5. The van der Waals surface area contributed by atoms with Gasteiger partial charge in [-0.2, -0.15) is 0 Å². The SMILES string of the molecule is c1ccc(C23CCCC2(c2ccccc2)CC3)cc1. The van der Waals surface area contributed by atoms with Gasteiger partial charge in [-0.1, -0.05) is 67.1 Å². The lowest BCUT2D eigenvalue weighted by Gasteiger charge is -2.57. The van der Waals surface area contributed by atoms with Crippen molar-refractivity contribution < 1.29 is 0 Å². The first-order valence-corrected chi connectivity index (χ1v) is 7.49. The summed E-state index contributed by atoms with van der Waals surface area (Å²) in [7, 11) is 0. The highest BCUT2D eigenvalue weighted by atomic mass is 14.7. The van der Waals surface area contributed by atoms with Crippen LogP contribution in [0.2, 0.25) is 0 Å². The van der Waals surface area contributed by atoms with Crippen molar-refractivity contribution in [3.8, 4) is 0 Å².